The van der Waals surface area contributed by atoms with E-state index < -0.39 is 0 Å². The summed E-state index contributed by atoms with van der Waals surface area (Å²) in [6, 6.07) is 11.1. The van der Waals surface area contributed by atoms with Crippen LogP contribution < -0.4 is 10.6 Å². The van der Waals surface area contributed by atoms with Crippen LogP contribution in [0.1, 0.15) is 154 Å². The van der Waals surface area contributed by atoms with Crippen molar-refractivity contribution < 1.29 is 0 Å². The largest absolute Gasteiger partial charge is 0.0619 e. The lowest BCUT2D eigenvalue weighted by molar-refractivity contribution is 0.0189. The Morgan fingerprint density at radius 1 is 0.292 bits per heavy atom. The van der Waals surface area contributed by atoms with Gasteiger partial charge in [-0.05, 0) is 256 Å². The molecule has 0 atom stereocenters. The molecule has 0 N–H and O–H groups in total. The molecule has 0 amide bonds. The molecule has 0 radical (unpaired) electrons. The molecule has 16 fully saturated rings. The van der Waals surface area contributed by atoms with E-state index in [1.807, 2.05) is 0 Å². The van der Waals surface area contributed by atoms with E-state index in [1.165, 1.54) is 0 Å². The van der Waals surface area contributed by atoms with Gasteiger partial charge in [0.25, 0.3) is 0 Å². The van der Waals surface area contributed by atoms with E-state index in [0.717, 1.165) is 71.0 Å². The molecular weight excluding hydrogens is 614 g/mol. The zero-order valence-corrected chi connectivity index (χ0v) is 31.9. The second-order valence-electron chi connectivity index (χ2n) is 22.7. The van der Waals surface area contributed by atoms with E-state index in [-0.39, 0.29) is 15.8 Å². The average molecular weight is 679 g/mol. The maximum Gasteiger partial charge on any atom is -0.00412 e. The van der Waals surface area contributed by atoms with Crippen LogP contribution in [0.2, 0.25) is 0 Å². The maximum absolute atomic E-state index is 2.94. The van der Waals surface area contributed by atoms with Gasteiger partial charge in [-0.2, -0.15) is 0 Å². The van der Waals surface area contributed by atoms with Gasteiger partial charge in [-0.3, -0.25) is 0 Å². The molecule has 0 heterocycles. The molecule has 1 aromatic carbocycles. The molecule has 16 aliphatic rings. The quantitative estimate of drug-likeness (QED) is 0.263. The molecule has 0 saturated heterocycles. The lowest BCUT2D eigenvalue weighted by atomic mass is 9.55. The molecule has 1 aromatic rings. The Hall–Kier alpha value is 0.0800. The zero-order chi connectivity index (χ0) is 31.0. The van der Waals surface area contributed by atoms with Crippen molar-refractivity contribution in [2.45, 2.75) is 175 Å². The number of hydrogen-bond acceptors (Lipinski definition) is 0. The Balaban J connectivity index is 1.03. The summed E-state index contributed by atoms with van der Waals surface area (Å²) >= 11 is 0. The van der Waals surface area contributed by atoms with Gasteiger partial charge in [-0.15, -0.1) is 0 Å². The molecular formula is C46H64P2. The summed E-state index contributed by atoms with van der Waals surface area (Å²) in [5.41, 5.74) is 0. The van der Waals surface area contributed by atoms with Gasteiger partial charge in [-0.25, -0.2) is 0 Å². The van der Waals surface area contributed by atoms with Crippen LogP contribution in [0, 0.1) is 71.0 Å². The first kappa shape index (κ1) is 29.5. The fraction of sp³-hybridized carbons (Fsp3) is 0.870. The average Bonchev–Trinajstić information content (AvgIpc) is 2.99. The zero-order valence-electron chi connectivity index (χ0n) is 30.1. The highest BCUT2D eigenvalue weighted by molar-refractivity contribution is 7.75. The molecule has 17 rings (SSSR count). The standard InChI is InChI=1S/C46H64P2/c1-2-4-42(48(45-23-35-11-36(24-45)13-37(12-35)25-45)46-26-38-14-39(27-46)16-40(15-38)28-46)41(3-1)47(43-17-29-5-30(18-43)7-31(6-29)19-43)44-20-32-8-33(21-44)10-34(9-32)22-44/h1-4,29-40H,5-28H2. The number of rotatable bonds is 6. The fourth-order valence-corrected chi connectivity index (χ4v) is 31.2. The summed E-state index contributed by atoms with van der Waals surface area (Å²) in [6.45, 7) is 0. The van der Waals surface area contributed by atoms with Crippen molar-refractivity contribution >= 4 is 26.5 Å². The fourth-order valence-electron chi connectivity index (χ4n) is 20.2. The second-order valence-corrected chi connectivity index (χ2v) is 28.8. The van der Waals surface area contributed by atoms with Crippen LogP contribution in [-0.4, -0.2) is 20.6 Å². The van der Waals surface area contributed by atoms with Crippen LogP contribution in [0.15, 0.2) is 24.3 Å². The third kappa shape index (κ3) is 4.10. The molecule has 2 heteroatoms. The van der Waals surface area contributed by atoms with E-state index >= 15 is 0 Å². The van der Waals surface area contributed by atoms with E-state index in [1.54, 1.807) is 154 Å². The molecule has 16 saturated carbocycles. The maximum atomic E-state index is 2.94. The molecule has 16 bridgehead atoms. The van der Waals surface area contributed by atoms with Crippen molar-refractivity contribution in [2.75, 3.05) is 0 Å². The highest BCUT2D eigenvalue weighted by Gasteiger charge is 2.67. The van der Waals surface area contributed by atoms with Gasteiger partial charge in [-0.1, -0.05) is 40.1 Å². The molecule has 16 aliphatic carbocycles. The van der Waals surface area contributed by atoms with Crippen molar-refractivity contribution in [3.8, 4) is 0 Å². The van der Waals surface area contributed by atoms with Gasteiger partial charge in [0.2, 0.25) is 0 Å². The van der Waals surface area contributed by atoms with Crippen molar-refractivity contribution in [3.05, 3.63) is 24.3 Å². The van der Waals surface area contributed by atoms with Gasteiger partial charge in [0, 0.05) is 0 Å². The first-order chi connectivity index (χ1) is 23.4. The van der Waals surface area contributed by atoms with Gasteiger partial charge >= 0.3 is 0 Å². The first-order valence-corrected chi connectivity index (χ1v) is 24.8. The summed E-state index contributed by atoms with van der Waals surface area (Å²) in [7, 11) is -0.247. The smallest absolute Gasteiger partial charge is 0.00412 e. The Kier molecular flexibility index (Phi) is 6.14. The summed E-state index contributed by atoms with van der Waals surface area (Å²) < 4.78 is 0. The summed E-state index contributed by atoms with van der Waals surface area (Å²) in [4.78, 5) is 0. The summed E-state index contributed by atoms with van der Waals surface area (Å²) in [5.74, 6) is 13.1. The Labute approximate surface area is 295 Å². The highest BCUT2D eigenvalue weighted by atomic mass is 31.1. The van der Waals surface area contributed by atoms with Crippen molar-refractivity contribution in [2.24, 2.45) is 71.0 Å². The number of benzene rings is 1. The van der Waals surface area contributed by atoms with E-state index in [4.69, 9.17) is 0 Å². The summed E-state index contributed by atoms with van der Waals surface area (Å²) in [5, 5.41) is 7.08. The normalized spacial score (nSPS) is 58.7. The molecule has 0 spiro atoms. The van der Waals surface area contributed by atoms with Gasteiger partial charge in [0.1, 0.15) is 0 Å². The minimum absolute atomic E-state index is 0.124. The number of hydrogen-bond donors (Lipinski definition) is 0. The van der Waals surface area contributed by atoms with E-state index in [9.17, 15) is 0 Å². The van der Waals surface area contributed by atoms with Crippen LogP contribution in [0.25, 0.3) is 0 Å². The summed E-state index contributed by atoms with van der Waals surface area (Å²) in [6.07, 6.45) is 39.4. The SMILES string of the molecule is c1ccc(P(C23CC4CC(CC(C4)C2)C3)C23CC4CC(CC(C4)C2)C3)c(P(C23CC4CC(CC(C4)C2)C3)C23CC4CC(CC(C4)C2)C3)c1. The Bertz CT molecular complexity index is 1160. The third-order valence-electron chi connectivity index (χ3n) is 19.3. The molecule has 0 unspecified atom stereocenters. The van der Waals surface area contributed by atoms with E-state index in [2.05, 4.69) is 34.9 Å². The predicted molar refractivity (Wildman–Crippen MR) is 203 cm³/mol. The Morgan fingerprint density at radius 3 is 0.625 bits per heavy atom. The topological polar surface area (TPSA) is 0 Å². The van der Waals surface area contributed by atoms with Gasteiger partial charge in [0.15, 0.2) is 0 Å². The lowest BCUT2D eigenvalue weighted by Crippen LogP contribution is -2.61. The van der Waals surface area contributed by atoms with Gasteiger partial charge < -0.3 is 0 Å². The van der Waals surface area contributed by atoms with E-state index in [0.29, 0.717) is 20.6 Å². The predicted octanol–water partition coefficient (Wildman–Crippen LogP) is 11.8. The van der Waals surface area contributed by atoms with Crippen LogP contribution in [0.5, 0.6) is 0 Å². The highest BCUT2D eigenvalue weighted by Crippen LogP contribution is 2.82. The van der Waals surface area contributed by atoms with Crippen LogP contribution in [0.4, 0.5) is 0 Å². The third-order valence-corrected chi connectivity index (χ3v) is 27.2. The van der Waals surface area contributed by atoms with Crippen molar-refractivity contribution in [1.29, 1.82) is 0 Å². The minimum Gasteiger partial charge on any atom is -0.0619 e. The van der Waals surface area contributed by atoms with Crippen LogP contribution in [-0.2, 0) is 0 Å². The lowest BCUT2D eigenvalue weighted by Gasteiger charge is -2.69. The first-order valence-electron chi connectivity index (χ1n) is 22.1. The van der Waals surface area contributed by atoms with Crippen LogP contribution >= 0.6 is 15.8 Å². The van der Waals surface area contributed by atoms with Crippen molar-refractivity contribution in [1.82, 2.24) is 0 Å². The Morgan fingerprint density at radius 2 is 0.458 bits per heavy atom. The minimum atomic E-state index is -0.124. The van der Waals surface area contributed by atoms with Crippen LogP contribution in [0.3, 0.4) is 0 Å². The molecule has 0 aromatic heterocycles. The van der Waals surface area contributed by atoms with Crippen molar-refractivity contribution in [3.63, 3.8) is 0 Å². The molecule has 258 valence electrons. The molecule has 0 nitrogen and oxygen atoms in total. The monoisotopic (exact) mass is 678 g/mol. The molecule has 48 heavy (non-hydrogen) atoms. The second kappa shape index (κ2) is 9.98. The van der Waals surface area contributed by atoms with Gasteiger partial charge in [0.05, 0.1) is 0 Å². The molecule has 0 aliphatic heterocycles.